The molecule has 3 N–H and O–H groups in total. The van der Waals surface area contributed by atoms with E-state index in [-0.39, 0.29) is 39.4 Å². The fraction of sp³-hybridized carbons (Fsp3) is 0.533. The second-order valence-corrected chi connectivity index (χ2v) is 4.60. The molecule has 1 unspecified atom stereocenters. The highest BCUT2D eigenvalue weighted by Crippen LogP contribution is 2.29. The van der Waals surface area contributed by atoms with Crippen LogP contribution in [0.2, 0.25) is 0 Å². The van der Waals surface area contributed by atoms with Gasteiger partial charge >= 0.3 is 5.97 Å². The molecule has 1 atom stereocenters. The molecule has 0 aliphatic rings. The highest BCUT2D eigenvalue weighted by molar-refractivity contribution is 5.83. The van der Waals surface area contributed by atoms with Crippen molar-refractivity contribution in [3.8, 4) is 0 Å². The first-order valence-electron chi connectivity index (χ1n) is 6.92. The number of carbonyl (C=O) groups excluding carboxylic acids is 1. The van der Waals surface area contributed by atoms with Crippen molar-refractivity contribution in [2.24, 2.45) is 5.73 Å². The third-order valence-corrected chi connectivity index (χ3v) is 3.30. The number of aliphatic hydroxyl groups is 1. The van der Waals surface area contributed by atoms with Gasteiger partial charge in [0.05, 0.1) is 19.8 Å². The van der Waals surface area contributed by atoms with Crippen molar-refractivity contribution in [1.82, 2.24) is 0 Å². The summed E-state index contributed by atoms with van der Waals surface area (Å²) < 4.78 is 23.8. The Balaban J connectivity index is 3.04. The van der Waals surface area contributed by atoms with E-state index in [0.29, 0.717) is 5.56 Å². The van der Waals surface area contributed by atoms with Gasteiger partial charge in [-0.05, 0) is 31.0 Å². The highest BCUT2D eigenvalue weighted by Gasteiger charge is 2.40. The number of aliphatic hydroxyl groups excluding tert-OH is 1. The number of esters is 1. The van der Waals surface area contributed by atoms with Gasteiger partial charge in [0, 0.05) is 13.2 Å². The number of rotatable bonds is 9. The van der Waals surface area contributed by atoms with Crippen molar-refractivity contribution in [2.45, 2.75) is 18.8 Å². The van der Waals surface area contributed by atoms with Crippen molar-refractivity contribution in [2.75, 3.05) is 33.0 Å². The lowest BCUT2D eigenvalue weighted by Crippen LogP contribution is -2.45. The average Bonchev–Trinajstić information content (AvgIpc) is 2.48. The van der Waals surface area contributed by atoms with Crippen LogP contribution in [-0.2, 0) is 19.7 Å². The zero-order valence-electron chi connectivity index (χ0n) is 12.2. The molecule has 0 amide bonds. The van der Waals surface area contributed by atoms with E-state index in [4.69, 9.17) is 20.3 Å². The van der Waals surface area contributed by atoms with Crippen LogP contribution in [-0.4, -0.2) is 44.0 Å². The van der Waals surface area contributed by atoms with Crippen LogP contribution in [0.1, 0.15) is 18.9 Å². The molecule has 0 radical (unpaired) electrons. The molecule has 0 spiro atoms. The number of hydrogen-bond donors (Lipinski definition) is 2. The number of halogens is 1. The van der Waals surface area contributed by atoms with E-state index < -0.39 is 17.2 Å². The van der Waals surface area contributed by atoms with Gasteiger partial charge in [0.25, 0.3) is 0 Å². The summed E-state index contributed by atoms with van der Waals surface area (Å²) in [5.41, 5.74) is 5.13. The number of nitrogens with two attached hydrogens (primary N) is 1. The molecule has 0 bridgehead atoms. The van der Waals surface area contributed by atoms with E-state index in [1.165, 1.54) is 18.2 Å². The summed E-state index contributed by atoms with van der Waals surface area (Å²) in [5, 5.41) is 8.71. The molecule has 0 heterocycles. The van der Waals surface area contributed by atoms with Crippen LogP contribution in [0.3, 0.4) is 0 Å². The molecule has 5 nitrogen and oxygen atoms in total. The van der Waals surface area contributed by atoms with E-state index in [1.807, 2.05) is 0 Å². The molecule has 0 aliphatic carbocycles. The Hall–Kier alpha value is -1.50. The number of carbonyl (C=O) groups is 1. The van der Waals surface area contributed by atoms with Gasteiger partial charge in [-0.25, -0.2) is 4.39 Å². The molecule has 0 aromatic heterocycles. The first-order chi connectivity index (χ1) is 10.1. The second-order valence-electron chi connectivity index (χ2n) is 4.60. The lowest BCUT2D eigenvalue weighted by atomic mass is 9.77. The summed E-state index contributed by atoms with van der Waals surface area (Å²) in [6, 6.07) is 5.77. The molecule has 0 fully saturated rings. The minimum absolute atomic E-state index is 0.0161. The number of hydrogen-bond acceptors (Lipinski definition) is 5. The van der Waals surface area contributed by atoms with Gasteiger partial charge < -0.3 is 20.3 Å². The van der Waals surface area contributed by atoms with Crippen molar-refractivity contribution in [3.63, 3.8) is 0 Å². The lowest BCUT2D eigenvalue weighted by molar-refractivity contribution is -0.150. The fourth-order valence-electron chi connectivity index (χ4n) is 2.14. The maximum atomic E-state index is 13.5. The normalized spacial score (nSPS) is 13.7. The average molecular weight is 299 g/mol. The Bertz CT molecular complexity index is 455. The van der Waals surface area contributed by atoms with Gasteiger partial charge in [0.1, 0.15) is 11.2 Å². The van der Waals surface area contributed by atoms with Crippen LogP contribution < -0.4 is 5.73 Å². The summed E-state index contributed by atoms with van der Waals surface area (Å²) in [5.74, 6) is -0.934. The largest absolute Gasteiger partial charge is 0.465 e. The Labute approximate surface area is 123 Å². The third-order valence-electron chi connectivity index (χ3n) is 3.30. The SMILES string of the molecule is CCOC(=O)C(CN)(CCOCCO)c1cccc(F)c1. The fourth-order valence-corrected chi connectivity index (χ4v) is 2.14. The lowest BCUT2D eigenvalue weighted by Gasteiger charge is -2.30. The standard InChI is InChI=1S/C15H22FNO4/c1-2-21-14(19)15(11-17,6-8-20-9-7-18)12-4-3-5-13(16)10-12/h3-5,10,18H,2,6-9,11,17H2,1H3. The quantitative estimate of drug-likeness (QED) is 0.525. The van der Waals surface area contributed by atoms with Crippen LogP contribution >= 0.6 is 0 Å². The zero-order valence-corrected chi connectivity index (χ0v) is 12.2. The van der Waals surface area contributed by atoms with E-state index in [9.17, 15) is 9.18 Å². The molecule has 1 aromatic carbocycles. The summed E-state index contributed by atoms with van der Waals surface area (Å²) in [6.07, 6.45) is 0.256. The van der Waals surface area contributed by atoms with E-state index in [2.05, 4.69) is 0 Å². The van der Waals surface area contributed by atoms with Crippen LogP contribution in [0.5, 0.6) is 0 Å². The monoisotopic (exact) mass is 299 g/mol. The Morgan fingerprint density at radius 3 is 2.76 bits per heavy atom. The van der Waals surface area contributed by atoms with Gasteiger partial charge in [0.2, 0.25) is 0 Å². The number of ether oxygens (including phenoxy) is 2. The first kappa shape index (κ1) is 17.6. The topological polar surface area (TPSA) is 81.8 Å². The molecule has 6 heteroatoms. The van der Waals surface area contributed by atoms with Gasteiger partial charge in [-0.1, -0.05) is 12.1 Å². The maximum absolute atomic E-state index is 13.5. The van der Waals surface area contributed by atoms with Crippen molar-refractivity contribution < 1.29 is 23.8 Å². The molecular weight excluding hydrogens is 277 g/mol. The maximum Gasteiger partial charge on any atom is 0.317 e. The highest BCUT2D eigenvalue weighted by atomic mass is 19.1. The molecular formula is C15H22FNO4. The molecule has 0 saturated carbocycles. The summed E-state index contributed by atoms with van der Waals surface area (Å²) >= 11 is 0. The zero-order chi connectivity index (χ0) is 15.7. The van der Waals surface area contributed by atoms with E-state index in [0.717, 1.165) is 0 Å². The molecule has 21 heavy (non-hydrogen) atoms. The van der Waals surface area contributed by atoms with Gasteiger partial charge in [0.15, 0.2) is 0 Å². The summed E-state index contributed by atoms with van der Waals surface area (Å²) in [7, 11) is 0. The minimum atomic E-state index is -1.15. The third kappa shape index (κ3) is 4.49. The Morgan fingerprint density at radius 2 is 2.19 bits per heavy atom. The van der Waals surface area contributed by atoms with E-state index >= 15 is 0 Å². The van der Waals surface area contributed by atoms with Gasteiger partial charge in [-0.15, -0.1) is 0 Å². The van der Waals surface area contributed by atoms with Gasteiger partial charge in [-0.2, -0.15) is 0 Å². The van der Waals surface area contributed by atoms with Crippen molar-refractivity contribution in [1.29, 1.82) is 0 Å². The Kier molecular flexibility index (Phi) is 7.28. The van der Waals surface area contributed by atoms with Crippen LogP contribution in [0.25, 0.3) is 0 Å². The van der Waals surface area contributed by atoms with Gasteiger partial charge in [-0.3, -0.25) is 4.79 Å². The molecule has 0 aliphatic heterocycles. The molecule has 1 aromatic rings. The molecule has 118 valence electrons. The smallest absolute Gasteiger partial charge is 0.317 e. The second kappa shape index (κ2) is 8.71. The summed E-state index contributed by atoms with van der Waals surface area (Å²) in [4.78, 5) is 12.3. The predicted octanol–water partition coefficient (Wildman–Crippen LogP) is 0.984. The molecule has 1 rings (SSSR count). The van der Waals surface area contributed by atoms with Crippen molar-refractivity contribution >= 4 is 5.97 Å². The summed E-state index contributed by atoms with van der Waals surface area (Å²) in [6.45, 7) is 2.19. The van der Waals surface area contributed by atoms with E-state index in [1.54, 1.807) is 13.0 Å². The predicted molar refractivity (Wildman–Crippen MR) is 76.3 cm³/mol. The van der Waals surface area contributed by atoms with Crippen LogP contribution in [0.4, 0.5) is 4.39 Å². The first-order valence-corrected chi connectivity index (χ1v) is 6.92. The van der Waals surface area contributed by atoms with Crippen LogP contribution in [0, 0.1) is 5.82 Å². The van der Waals surface area contributed by atoms with Crippen molar-refractivity contribution in [3.05, 3.63) is 35.6 Å². The number of benzene rings is 1. The Morgan fingerprint density at radius 1 is 1.43 bits per heavy atom. The van der Waals surface area contributed by atoms with Crippen LogP contribution in [0.15, 0.2) is 24.3 Å². The minimum Gasteiger partial charge on any atom is -0.465 e. The molecule has 0 saturated heterocycles.